The molecule has 0 saturated carbocycles. The molecule has 0 amide bonds. The minimum Gasteiger partial charge on any atom is -0.486 e. The summed E-state index contributed by atoms with van der Waals surface area (Å²) in [7, 11) is 0. The van der Waals surface area contributed by atoms with Gasteiger partial charge in [0.1, 0.15) is 48.8 Å². The van der Waals surface area contributed by atoms with E-state index in [0.717, 1.165) is 123 Å². The molecular formula is C54H36N2O6. The Balaban J connectivity index is 1.06. The Morgan fingerprint density at radius 3 is 1.32 bits per heavy atom. The van der Waals surface area contributed by atoms with Crippen LogP contribution in [-0.2, 0) is 0 Å². The standard InChI is InChI=1S/C54H36N2O6/c1-3-11-33(12-4-1)55(35-19-22-44-47(29-35)59-27-25-57-44)42-31-49-51(39-17-9-7-15-37(39)42)41-21-24-46-53(54(41)62-49)52-40-18-10-8-16-38(40)43(32-50(52)61-46)56(34-13-5-2-6-14-34)36-20-23-45-48(30-36)60-28-26-58-45/h1-24,29-32H,25-28H2. The largest absolute Gasteiger partial charge is 0.486 e. The number of ether oxygens (including phenoxy) is 4. The lowest BCUT2D eigenvalue weighted by Crippen LogP contribution is -2.16. The van der Waals surface area contributed by atoms with Gasteiger partial charge in [0.15, 0.2) is 23.0 Å². The zero-order chi connectivity index (χ0) is 40.7. The number of hydrogen-bond donors (Lipinski definition) is 0. The SMILES string of the molecule is c1ccc(N(c2ccc3c(c2)OCCO3)c2cc3oc4c(ccc5oc6cc(N(c7ccccc7)c7ccc8c(c7)OCCO8)c7ccccc7c6c54)c3c3ccccc23)cc1. The Labute approximate surface area is 355 Å². The van der Waals surface area contributed by atoms with Crippen molar-refractivity contribution < 1.29 is 27.8 Å². The molecule has 11 aromatic rings. The highest BCUT2D eigenvalue weighted by atomic mass is 16.6. The molecule has 0 N–H and O–H groups in total. The summed E-state index contributed by atoms with van der Waals surface area (Å²) in [6, 6.07) is 58.8. The van der Waals surface area contributed by atoms with Crippen LogP contribution in [0.3, 0.4) is 0 Å². The Morgan fingerprint density at radius 2 is 0.774 bits per heavy atom. The fourth-order valence-electron chi connectivity index (χ4n) is 9.50. The Kier molecular flexibility index (Phi) is 7.69. The van der Waals surface area contributed by atoms with Crippen LogP contribution in [0, 0.1) is 0 Å². The molecule has 2 aromatic heterocycles. The molecule has 0 aliphatic carbocycles. The van der Waals surface area contributed by atoms with Crippen molar-refractivity contribution in [1.82, 2.24) is 0 Å². The van der Waals surface area contributed by atoms with Crippen LogP contribution in [0.5, 0.6) is 23.0 Å². The summed E-state index contributed by atoms with van der Waals surface area (Å²) in [6.07, 6.45) is 0. The van der Waals surface area contributed by atoms with Crippen LogP contribution >= 0.6 is 0 Å². The Bertz CT molecular complexity index is 3560. The second kappa shape index (κ2) is 13.7. The van der Waals surface area contributed by atoms with Crippen molar-refractivity contribution in [2.45, 2.75) is 0 Å². The highest BCUT2D eigenvalue weighted by Gasteiger charge is 2.26. The lowest BCUT2D eigenvalue weighted by molar-refractivity contribution is 0.171. The third-order valence-electron chi connectivity index (χ3n) is 12.1. The predicted octanol–water partition coefficient (Wildman–Crippen LogP) is 14.3. The molecule has 0 unspecified atom stereocenters. The van der Waals surface area contributed by atoms with Gasteiger partial charge in [-0.2, -0.15) is 0 Å². The van der Waals surface area contributed by atoms with Crippen molar-refractivity contribution in [3.8, 4) is 23.0 Å². The molecule has 0 saturated heterocycles. The van der Waals surface area contributed by atoms with E-state index in [-0.39, 0.29) is 0 Å². The summed E-state index contributed by atoms with van der Waals surface area (Å²) in [6.45, 7) is 2.08. The van der Waals surface area contributed by atoms with Gasteiger partial charge < -0.3 is 37.6 Å². The summed E-state index contributed by atoms with van der Waals surface area (Å²) in [5.74, 6) is 2.95. The summed E-state index contributed by atoms with van der Waals surface area (Å²) in [5.41, 5.74) is 8.97. The van der Waals surface area contributed by atoms with Crippen LogP contribution in [-0.4, -0.2) is 26.4 Å². The van der Waals surface area contributed by atoms with Crippen molar-refractivity contribution in [3.63, 3.8) is 0 Å². The first kappa shape index (κ1) is 34.7. The minimum atomic E-state index is 0.508. The molecule has 62 heavy (non-hydrogen) atoms. The number of anilines is 6. The topological polar surface area (TPSA) is 69.7 Å². The molecule has 8 heteroatoms. The number of nitrogens with zero attached hydrogens (tertiary/aromatic N) is 2. The first-order valence-corrected chi connectivity index (χ1v) is 20.9. The average Bonchev–Trinajstić information content (AvgIpc) is 3.91. The van der Waals surface area contributed by atoms with Crippen LogP contribution in [0.25, 0.3) is 65.4 Å². The second-order valence-electron chi connectivity index (χ2n) is 15.6. The van der Waals surface area contributed by atoms with Gasteiger partial charge in [-0.1, -0.05) is 84.9 Å². The summed E-state index contributed by atoms with van der Waals surface area (Å²) >= 11 is 0. The van der Waals surface area contributed by atoms with Gasteiger partial charge in [0, 0.05) is 62.6 Å². The molecule has 2 aliphatic rings. The molecule has 0 bridgehead atoms. The van der Waals surface area contributed by atoms with Crippen molar-refractivity contribution in [2.24, 2.45) is 0 Å². The van der Waals surface area contributed by atoms with Crippen molar-refractivity contribution in [2.75, 3.05) is 36.2 Å². The maximum absolute atomic E-state index is 7.14. The molecule has 0 spiro atoms. The van der Waals surface area contributed by atoms with Gasteiger partial charge in [-0.15, -0.1) is 0 Å². The van der Waals surface area contributed by atoms with E-state index < -0.39 is 0 Å². The number of furan rings is 2. The van der Waals surface area contributed by atoms with Gasteiger partial charge in [0.2, 0.25) is 0 Å². The van der Waals surface area contributed by atoms with E-state index in [2.05, 4.69) is 155 Å². The molecular weight excluding hydrogens is 773 g/mol. The maximum atomic E-state index is 7.14. The molecule has 4 heterocycles. The van der Waals surface area contributed by atoms with Crippen molar-refractivity contribution >= 4 is 99.5 Å². The van der Waals surface area contributed by atoms with Gasteiger partial charge in [-0.25, -0.2) is 0 Å². The van der Waals surface area contributed by atoms with Crippen LogP contribution in [0.2, 0.25) is 0 Å². The molecule has 0 atom stereocenters. The van der Waals surface area contributed by atoms with Crippen molar-refractivity contribution in [3.05, 3.63) is 170 Å². The second-order valence-corrected chi connectivity index (χ2v) is 15.6. The molecule has 2 aliphatic heterocycles. The number of hydrogen-bond acceptors (Lipinski definition) is 8. The van der Waals surface area contributed by atoms with Gasteiger partial charge in [-0.05, 0) is 71.4 Å². The van der Waals surface area contributed by atoms with Crippen LogP contribution in [0.15, 0.2) is 179 Å². The van der Waals surface area contributed by atoms with E-state index in [1.54, 1.807) is 0 Å². The highest BCUT2D eigenvalue weighted by Crippen LogP contribution is 2.51. The smallest absolute Gasteiger partial charge is 0.163 e. The van der Waals surface area contributed by atoms with Crippen LogP contribution in [0.4, 0.5) is 34.1 Å². The normalized spacial score (nSPS) is 13.4. The van der Waals surface area contributed by atoms with Gasteiger partial charge in [0.05, 0.1) is 28.1 Å². The van der Waals surface area contributed by atoms with Gasteiger partial charge in [0.25, 0.3) is 0 Å². The van der Waals surface area contributed by atoms with E-state index >= 15 is 0 Å². The molecule has 9 aromatic carbocycles. The summed E-state index contributed by atoms with van der Waals surface area (Å²) in [5, 5.41) is 8.35. The highest BCUT2D eigenvalue weighted by molar-refractivity contribution is 6.32. The Hall–Kier alpha value is -8.10. The zero-order valence-electron chi connectivity index (χ0n) is 33.3. The predicted molar refractivity (Wildman–Crippen MR) is 247 cm³/mol. The monoisotopic (exact) mass is 808 g/mol. The van der Waals surface area contributed by atoms with Gasteiger partial charge in [-0.3, -0.25) is 0 Å². The fourth-order valence-corrected chi connectivity index (χ4v) is 9.50. The van der Waals surface area contributed by atoms with E-state index in [0.29, 0.717) is 26.4 Å². The molecule has 8 nitrogen and oxygen atoms in total. The molecule has 13 rings (SSSR count). The van der Waals surface area contributed by atoms with E-state index in [1.165, 1.54) is 0 Å². The fraction of sp³-hybridized carbons (Fsp3) is 0.0741. The number of fused-ring (bicyclic) bond motifs is 13. The van der Waals surface area contributed by atoms with E-state index in [1.807, 2.05) is 24.3 Å². The number of para-hydroxylation sites is 2. The molecule has 0 fully saturated rings. The number of rotatable bonds is 6. The first-order valence-electron chi connectivity index (χ1n) is 20.9. The lowest BCUT2D eigenvalue weighted by Gasteiger charge is -2.28. The third-order valence-corrected chi connectivity index (χ3v) is 12.1. The van der Waals surface area contributed by atoms with Crippen molar-refractivity contribution in [1.29, 1.82) is 0 Å². The summed E-state index contributed by atoms with van der Waals surface area (Å²) in [4.78, 5) is 4.53. The zero-order valence-corrected chi connectivity index (χ0v) is 33.3. The molecule has 0 radical (unpaired) electrons. The summed E-state index contributed by atoms with van der Waals surface area (Å²) < 4.78 is 38.0. The van der Waals surface area contributed by atoms with E-state index in [9.17, 15) is 0 Å². The maximum Gasteiger partial charge on any atom is 0.163 e. The van der Waals surface area contributed by atoms with Crippen LogP contribution < -0.4 is 28.7 Å². The lowest BCUT2D eigenvalue weighted by atomic mass is 9.98. The number of benzene rings is 9. The first-order chi connectivity index (χ1) is 30.7. The third kappa shape index (κ3) is 5.33. The van der Waals surface area contributed by atoms with Gasteiger partial charge >= 0.3 is 0 Å². The van der Waals surface area contributed by atoms with E-state index in [4.69, 9.17) is 27.8 Å². The molecule has 298 valence electrons. The minimum absolute atomic E-state index is 0.508. The Morgan fingerprint density at radius 1 is 0.306 bits per heavy atom. The van der Waals surface area contributed by atoms with Crippen LogP contribution in [0.1, 0.15) is 0 Å². The quantitative estimate of drug-likeness (QED) is 0.164. The average molecular weight is 809 g/mol.